The molecular formula is C15H23N3O2. The number of amides is 1. The molecule has 0 bridgehead atoms. The van der Waals surface area contributed by atoms with Gasteiger partial charge in [-0.3, -0.25) is 9.69 Å². The number of nitrogen functional groups attached to an aromatic ring is 1. The number of nitrogens with zero attached hydrogens (tertiary/aromatic N) is 1. The summed E-state index contributed by atoms with van der Waals surface area (Å²) in [6, 6.07) is 7.45. The first-order valence-electron chi connectivity index (χ1n) is 7.15. The van der Waals surface area contributed by atoms with Gasteiger partial charge in [0.2, 0.25) is 5.91 Å². The third kappa shape index (κ3) is 3.63. The fourth-order valence-corrected chi connectivity index (χ4v) is 2.61. The van der Waals surface area contributed by atoms with Crippen LogP contribution >= 0.6 is 0 Å². The molecular weight excluding hydrogens is 254 g/mol. The second kappa shape index (κ2) is 7.14. The van der Waals surface area contributed by atoms with Gasteiger partial charge in [-0.1, -0.05) is 18.6 Å². The summed E-state index contributed by atoms with van der Waals surface area (Å²) in [5.41, 5.74) is 6.48. The molecule has 0 saturated carbocycles. The summed E-state index contributed by atoms with van der Waals surface area (Å²) in [6.07, 6.45) is 3.18. The zero-order valence-electron chi connectivity index (χ0n) is 12.0. The fraction of sp³-hybridized carbons (Fsp3) is 0.533. The van der Waals surface area contributed by atoms with Gasteiger partial charge in [0.05, 0.1) is 11.7 Å². The molecule has 20 heavy (non-hydrogen) atoms. The summed E-state index contributed by atoms with van der Waals surface area (Å²) in [4.78, 5) is 14.0. The van der Waals surface area contributed by atoms with Crippen molar-refractivity contribution in [3.63, 3.8) is 0 Å². The predicted molar refractivity (Wildman–Crippen MR) is 79.6 cm³/mol. The molecule has 1 amide bonds. The lowest BCUT2D eigenvalue weighted by molar-refractivity contribution is -0.127. The standard InChI is InChI=1S/C15H23N3O2/c1-17-15(19)13-7-4-5-9-18(13)10-11-20-14-8-3-2-6-12(14)16/h2-3,6,8,13H,4-5,7,9-11,16H2,1H3,(H,17,19). The molecule has 5 nitrogen and oxygen atoms in total. The predicted octanol–water partition coefficient (Wildman–Crippen LogP) is 1.25. The van der Waals surface area contributed by atoms with Gasteiger partial charge >= 0.3 is 0 Å². The van der Waals surface area contributed by atoms with E-state index in [0.29, 0.717) is 18.0 Å². The molecule has 0 aliphatic carbocycles. The molecule has 0 spiro atoms. The molecule has 3 N–H and O–H groups in total. The lowest BCUT2D eigenvalue weighted by atomic mass is 10.0. The number of hydrogen-bond acceptors (Lipinski definition) is 4. The minimum Gasteiger partial charge on any atom is -0.490 e. The van der Waals surface area contributed by atoms with Gasteiger partial charge in [0.25, 0.3) is 0 Å². The highest BCUT2D eigenvalue weighted by Crippen LogP contribution is 2.20. The quantitative estimate of drug-likeness (QED) is 0.795. The van der Waals surface area contributed by atoms with E-state index >= 15 is 0 Å². The van der Waals surface area contributed by atoms with Crippen LogP contribution in [0.3, 0.4) is 0 Å². The highest BCUT2D eigenvalue weighted by molar-refractivity contribution is 5.81. The maximum atomic E-state index is 11.9. The third-order valence-electron chi connectivity index (χ3n) is 3.72. The monoisotopic (exact) mass is 277 g/mol. The smallest absolute Gasteiger partial charge is 0.237 e. The molecule has 1 fully saturated rings. The number of carbonyl (C=O) groups excluding carboxylic acids is 1. The number of rotatable bonds is 5. The van der Waals surface area contributed by atoms with Crippen molar-refractivity contribution < 1.29 is 9.53 Å². The van der Waals surface area contributed by atoms with Crippen molar-refractivity contribution in [1.29, 1.82) is 0 Å². The maximum absolute atomic E-state index is 11.9. The number of carbonyl (C=O) groups is 1. The SMILES string of the molecule is CNC(=O)C1CCCCN1CCOc1ccccc1N. The summed E-state index contributed by atoms with van der Waals surface area (Å²) in [5.74, 6) is 0.810. The number of ether oxygens (including phenoxy) is 1. The normalized spacial score (nSPS) is 19.6. The van der Waals surface area contributed by atoms with E-state index in [2.05, 4.69) is 10.2 Å². The van der Waals surface area contributed by atoms with Crippen LogP contribution in [0, 0.1) is 0 Å². The number of likely N-dealkylation sites (tertiary alicyclic amines) is 1. The summed E-state index contributed by atoms with van der Waals surface area (Å²) in [5, 5.41) is 2.74. The molecule has 2 rings (SSSR count). The van der Waals surface area contributed by atoms with Crippen molar-refractivity contribution >= 4 is 11.6 Å². The minimum atomic E-state index is -0.0227. The Bertz CT molecular complexity index is 450. The molecule has 1 atom stereocenters. The zero-order valence-corrected chi connectivity index (χ0v) is 12.0. The molecule has 1 aromatic carbocycles. The Balaban J connectivity index is 1.85. The number of anilines is 1. The fourth-order valence-electron chi connectivity index (χ4n) is 2.61. The van der Waals surface area contributed by atoms with Crippen molar-refractivity contribution in [1.82, 2.24) is 10.2 Å². The van der Waals surface area contributed by atoms with Gasteiger partial charge in [-0.25, -0.2) is 0 Å². The second-order valence-corrected chi connectivity index (χ2v) is 5.05. The second-order valence-electron chi connectivity index (χ2n) is 5.05. The van der Waals surface area contributed by atoms with Crippen molar-refractivity contribution in [2.75, 3.05) is 32.5 Å². The number of likely N-dealkylation sites (N-methyl/N-ethyl adjacent to an activating group) is 1. The van der Waals surface area contributed by atoms with E-state index in [-0.39, 0.29) is 11.9 Å². The lowest BCUT2D eigenvalue weighted by Gasteiger charge is -2.34. The summed E-state index contributed by atoms with van der Waals surface area (Å²) in [7, 11) is 1.69. The first kappa shape index (κ1) is 14.7. The van der Waals surface area contributed by atoms with E-state index in [0.717, 1.165) is 32.4 Å². The van der Waals surface area contributed by atoms with E-state index in [1.165, 1.54) is 0 Å². The lowest BCUT2D eigenvalue weighted by Crippen LogP contribution is -2.49. The molecule has 0 radical (unpaired) electrons. The van der Waals surface area contributed by atoms with Crippen LogP contribution in [-0.4, -0.2) is 43.6 Å². The number of benzene rings is 1. The molecule has 110 valence electrons. The largest absolute Gasteiger partial charge is 0.490 e. The van der Waals surface area contributed by atoms with Gasteiger partial charge in [0.1, 0.15) is 12.4 Å². The van der Waals surface area contributed by atoms with Crippen LogP contribution in [0.15, 0.2) is 24.3 Å². The zero-order chi connectivity index (χ0) is 14.4. The Morgan fingerprint density at radius 1 is 1.45 bits per heavy atom. The number of piperidine rings is 1. The van der Waals surface area contributed by atoms with E-state index in [1.807, 2.05) is 24.3 Å². The van der Waals surface area contributed by atoms with E-state index in [4.69, 9.17) is 10.5 Å². The van der Waals surface area contributed by atoms with E-state index < -0.39 is 0 Å². The van der Waals surface area contributed by atoms with Crippen LogP contribution in [0.25, 0.3) is 0 Å². The minimum absolute atomic E-state index is 0.0227. The van der Waals surface area contributed by atoms with Crippen LogP contribution in [0.4, 0.5) is 5.69 Å². The number of para-hydroxylation sites is 2. The van der Waals surface area contributed by atoms with Crippen LogP contribution in [0.1, 0.15) is 19.3 Å². The van der Waals surface area contributed by atoms with Crippen molar-refractivity contribution in [3.8, 4) is 5.75 Å². The maximum Gasteiger partial charge on any atom is 0.237 e. The van der Waals surface area contributed by atoms with Crippen LogP contribution in [0.2, 0.25) is 0 Å². The summed E-state index contributed by atoms with van der Waals surface area (Å²) >= 11 is 0. The van der Waals surface area contributed by atoms with Crippen molar-refractivity contribution in [2.24, 2.45) is 0 Å². The van der Waals surface area contributed by atoms with Gasteiger partial charge in [0.15, 0.2) is 0 Å². The molecule has 1 aromatic rings. The molecule has 1 unspecified atom stereocenters. The molecule has 0 aromatic heterocycles. The summed E-state index contributed by atoms with van der Waals surface area (Å²) < 4.78 is 5.70. The van der Waals surface area contributed by atoms with E-state index in [9.17, 15) is 4.79 Å². The van der Waals surface area contributed by atoms with Crippen LogP contribution in [-0.2, 0) is 4.79 Å². The topological polar surface area (TPSA) is 67.6 Å². The number of nitrogens with two attached hydrogens (primary N) is 1. The first-order valence-corrected chi connectivity index (χ1v) is 7.15. The average molecular weight is 277 g/mol. The molecule has 1 heterocycles. The van der Waals surface area contributed by atoms with Gasteiger partial charge in [-0.15, -0.1) is 0 Å². The van der Waals surface area contributed by atoms with Gasteiger partial charge in [-0.05, 0) is 31.5 Å². The van der Waals surface area contributed by atoms with Crippen molar-refractivity contribution in [2.45, 2.75) is 25.3 Å². The van der Waals surface area contributed by atoms with Gasteiger partial charge in [0, 0.05) is 13.6 Å². The van der Waals surface area contributed by atoms with Crippen molar-refractivity contribution in [3.05, 3.63) is 24.3 Å². The Kier molecular flexibility index (Phi) is 5.24. The number of hydrogen-bond donors (Lipinski definition) is 2. The van der Waals surface area contributed by atoms with E-state index in [1.54, 1.807) is 7.05 Å². The van der Waals surface area contributed by atoms with Crippen LogP contribution < -0.4 is 15.8 Å². The van der Waals surface area contributed by atoms with Gasteiger partial charge in [-0.2, -0.15) is 0 Å². The molecule has 1 aliphatic heterocycles. The average Bonchev–Trinajstić information content (AvgIpc) is 2.49. The Hall–Kier alpha value is -1.75. The highest BCUT2D eigenvalue weighted by atomic mass is 16.5. The molecule has 1 aliphatic rings. The molecule has 1 saturated heterocycles. The highest BCUT2D eigenvalue weighted by Gasteiger charge is 2.27. The Morgan fingerprint density at radius 3 is 3.00 bits per heavy atom. The van der Waals surface area contributed by atoms with Crippen LogP contribution in [0.5, 0.6) is 5.75 Å². The third-order valence-corrected chi connectivity index (χ3v) is 3.72. The Morgan fingerprint density at radius 2 is 2.25 bits per heavy atom. The van der Waals surface area contributed by atoms with Gasteiger partial charge < -0.3 is 15.8 Å². The Labute approximate surface area is 120 Å². The number of nitrogens with one attached hydrogen (secondary N) is 1. The molecule has 5 heteroatoms. The first-order chi connectivity index (χ1) is 9.72. The summed E-state index contributed by atoms with van der Waals surface area (Å²) in [6.45, 7) is 2.24.